The lowest BCUT2D eigenvalue weighted by atomic mass is 9.33. The average Bonchev–Trinajstić information content (AvgIpc) is 0.727. The smallest absolute Gasteiger partial charge is 0.335 e. The number of hydrogen-bond acceptors (Lipinski definition) is 33. The Hall–Kier alpha value is -3.71. The van der Waals surface area contributed by atoms with Gasteiger partial charge in [-0.2, -0.15) is 0 Å². The van der Waals surface area contributed by atoms with Crippen molar-refractivity contribution < 1.29 is 167 Å². The maximum atomic E-state index is 16.2. The predicted molar refractivity (Wildman–Crippen MR) is 335 cm³/mol. The maximum absolute atomic E-state index is 16.2. The third-order valence-corrected chi connectivity index (χ3v) is 25.3. The van der Waals surface area contributed by atoms with Crippen molar-refractivity contribution in [3.05, 3.63) is 11.6 Å². The van der Waals surface area contributed by atoms with E-state index in [0.717, 1.165) is 25.7 Å². The van der Waals surface area contributed by atoms with E-state index in [1.165, 1.54) is 13.8 Å². The minimum Gasteiger partial charge on any atom is -0.479 e. The van der Waals surface area contributed by atoms with Crippen LogP contribution in [0.15, 0.2) is 11.6 Å². The van der Waals surface area contributed by atoms with Crippen molar-refractivity contribution in [1.29, 1.82) is 0 Å². The highest BCUT2D eigenvalue weighted by Gasteiger charge is 2.73. The number of allylic oxidation sites excluding steroid dienone is 2. The van der Waals surface area contributed by atoms with Crippen LogP contribution in [0.25, 0.3) is 0 Å². The number of carbonyl (C=O) groups excluding carboxylic acids is 4. The van der Waals surface area contributed by atoms with Crippen LogP contribution in [0.3, 0.4) is 0 Å². The molecule has 10 fully saturated rings. The molecule has 0 aromatic carbocycles. The van der Waals surface area contributed by atoms with Gasteiger partial charge in [-0.05, 0) is 111 Å². The molecule has 580 valence electrons. The summed E-state index contributed by atoms with van der Waals surface area (Å²) in [6, 6.07) is 0. The number of esters is 3. The Morgan fingerprint density at radius 1 is 0.549 bits per heavy atom. The number of aldehydes is 1. The van der Waals surface area contributed by atoms with Crippen LogP contribution < -0.4 is 0 Å². The van der Waals surface area contributed by atoms with Crippen LogP contribution in [-0.2, 0) is 90.3 Å². The van der Waals surface area contributed by atoms with Gasteiger partial charge in [-0.3, -0.25) is 14.4 Å². The van der Waals surface area contributed by atoms with E-state index in [2.05, 4.69) is 40.7 Å². The first-order valence-corrected chi connectivity index (χ1v) is 35.3. The van der Waals surface area contributed by atoms with E-state index in [-0.39, 0.29) is 25.2 Å². The Labute approximate surface area is 588 Å². The zero-order valence-electron chi connectivity index (χ0n) is 58.7. The molecule has 102 heavy (non-hydrogen) atoms. The number of carboxylic acids is 1. The van der Waals surface area contributed by atoms with Crippen LogP contribution in [0, 0.1) is 50.2 Å². The van der Waals surface area contributed by atoms with Crippen LogP contribution in [0.1, 0.15) is 127 Å². The lowest BCUT2D eigenvalue weighted by Crippen LogP contribution is -2.69. The van der Waals surface area contributed by atoms with Gasteiger partial charge >= 0.3 is 23.9 Å². The van der Waals surface area contributed by atoms with E-state index in [9.17, 15) is 95.8 Å². The highest BCUT2D eigenvalue weighted by Crippen LogP contribution is 2.76. The Morgan fingerprint density at radius 3 is 1.77 bits per heavy atom. The predicted octanol–water partition coefficient (Wildman–Crippen LogP) is -3.67. The molecule has 0 aromatic heterocycles. The minimum absolute atomic E-state index is 0.0164. The molecule has 38 atom stereocenters. The molecule has 5 aliphatic carbocycles. The summed E-state index contributed by atoms with van der Waals surface area (Å²) in [5.74, 6) is -5.64. The highest BCUT2D eigenvalue weighted by atomic mass is 16.8. The van der Waals surface area contributed by atoms with Gasteiger partial charge in [0.15, 0.2) is 49.8 Å². The number of carboxylic acid groups (broad SMARTS) is 1. The van der Waals surface area contributed by atoms with Gasteiger partial charge in [0.25, 0.3) is 0 Å². The zero-order valence-corrected chi connectivity index (χ0v) is 58.7. The third-order valence-electron chi connectivity index (χ3n) is 25.3. The molecule has 34 heteroatoms. The van der Waals surface area contributed by atoms with E-state index in [4.69, 9.17) is 66.3 Å². The molecular formula is C68H104O34. The molecule has 11 aliphatic rings. The van der Waals surface area contributed by atoms with Crippen molar-refractivity contribution in [2.24, 2.45) is 50.2 Å². The van der Waals surface area contributed by atoms with Gasteiger partial charge in [-0.25, -0.2) is 4.79 Å². The molecule has 0 unspecified atom stereocenters. The molecule has 0 bridgehead atoms. The summed E-state index contributed by atoms with van der Waals surface area (Å²) in [5.41, 5.74) is -4.86. The zero-order chi connectivity index (χ0) is 74.7. The van der Waals surface area contributed by atoms with Crippen molar-refractivity contribution in [2.75, 3.05) is 19.8 Å². The number of hydrogen-bond donors (Lipinski definition) is 15. The van der Waals surface area contributed by atoms with Gasteiger partial charge < -0.3 is 148 Å². The number of ether oxygens (including phenoxy) is 14. The number of aliphatic hydroxyl groups excluding tert-OH is 14. The first kappa shape index (κ1) is 79.3. The molecule has 15 N–H and O–H groups in total. The number of fused-ring (bicyclic) bond motifs is 7. The van der Waals surface area contributed by atoms with Gasteiger partial charge in [0, 0.05) is 13.8 Å². The Balaban J connectivity index is 0.894. The van der Waals surface area contributed by atoms with E-state index in [1.807, 2.05) is 0 Å². The van der Waals surface area contributed by atoms with Gasteiger partial charge in [0.05, 0.1) is 43.0 Å². The van der Waals surface area contributed by atoms with Crippen molar-refractivity contribution in [3.63, 3.8) is 0 Å². The van der Waals surface area contributed by atoms with Crippen molar-refractivity contribution >= 4 is 30.2 Å². The van der Waals surface area contributed by atoms with Crippen LogP contribution in [0.2, 0.25) is 0 Å². The number of aliphatic carboxylic acids is 1. The standard InChI is InChI=1S/C68H104O34/c1-25-49(97-56-45(82)38(75)31(73)22-90-56)44(81)48(85)57(91-25)101-54-53(100-58-46(83)40(77)33(95-58)23-89-27(3)71)50(93-28(4)72)26(2)92-61(54)102-62(88)68-18-17-63(5,6)19-30(68)29-11-12-35-64(7)15-14-37(65(8,24-70)34(64)13-16-66(35,9)67(29,10)20-36(68)74)96-60-52(43(80)42(79)51(98-60)55(86)87)99-59-47(84)41(78)39(76)32(21-69)94-59/h11,24-26,30-54,56-61,69,73-85H,12-23H2,1-10H3,(H,86,87)/t25-,26+,30-,31-,32-,33+,34+,35-,36+,37-,38-,39-,40+,41-,42+,43+,44-,45+,46-,47-,48+,49-,50-,51-,52+,53-,54+,56-,57-,58+,59+,60-,61-,64-,65+,66+,67-,68-/m0/s1. The van der Waals surface area contributed by atoms with Crippen molar-refractivity contribution in [3.8, 4) is 0 Å². The lowest BCUT2D eigenvalue weighted by Gasteiger charge is -2.71. The molecule has 11 rings (SSSR count). The molecule has 0 aromatic rings. The fourth-order valence-electron chi connectivity index (χ4n) is 19.4. The van der Waals surface area contributed by atoms with Gasteiger partial charge in [-0.1, -0.05) is 53.2 Å². The molecule has 34 nitrogen and oxygen atoms in total. The maximum Gasteiger partial charge on any atom is 0.335 e. The Kier molecular flexibility index (Phi) is 23.1. The van der Waals surface area contributed by atoms with Crippen LogP contribution in [0.4, 0.5) is 0 Å². The average molecular weight is 1470 g/mol. The van der Waals surface area contributed by atoms with Gasteiger partial charge in [0.2, 0.25) is 6.29 Å². The van der Waals surface area contributed by atoms with Crippen LogP contribution in [0.5, 0.6) is 0 Å². The van der Waals surface area contributed by atoms with Gasteiger partial charge in [-0.15, -0.1) is 0 Å². The molecule has 6 saturated heterocycles. The summed E-state index contributed by atoms with van der Waals surface area (Å²) in [6.45, 7) is 15.4. The van der Waals surface area contributed by atoms with E-state index in [1.54, 1.807) is 6.92 Å². The minimum atomic E-state index is -2.13. The topological polar surface area (TPSA) is 518 Å². The third kappa shape index (κ3) is 13.7. The highest BCUT2D eigenvalue weighted by molar-refractivity contribution is 5.80. The summed E-state index contributed by atoms with van der Waals surface area (Å²) >= 11 is 0. The lowest BCUT2D eigenvalue weighted by molar-refractivity contribution is -0.382. The molecule has 4 saturated carbocycles. The molecule has 6 heterocycles. The summed E-state index contributed by atoms with van der Waals surface area (Å²) < 4.78 is 84.3. The quantitative estimate of drug-likeness (QED) is 0.0207. The van der Waals surface area contributed by atoms with Crippen LogP contribution >= 0.6 is 0 Å². The second-order valence-corrected chi connectivity index (χ2v) is 31.9. The summed E-state index contributed by atoms with van der Waals surface area (Å²) in [7, 11) is 0. The van der Waals surface area contributed by atoms with E-state index < -0.39 is 272 Å². The summed E-state index contributed by atoms with van der Waals surface area (Å²) in [5, 5.41) is 166. The molecule has 0 spiro atoms. The summed E-state index contributed by atoms with van der Waals surface area (Å²) in [4.78, 5) is 67.7. The van der Waals surface area contributed by atoms with E-state index in [0.29, 0.717) is 38.5 Å². The van der Waals surface area contributed by atoms with Crippen molar-refractivity contribution in [2.45, 2.75) is 311 Å². The normalized spacial score (nSPS) is 52.2. The number of aliphatic hydroxyl groups is 14. The monoisotopic (exact) mass is 1460 g/mol. The van der Waals surface area contributed by atoms with Gasteiger partial charge in [0.1, 0.15) is 122 Å². The molecule has 6 aliphatic heterocycles. The molecule has 0 amide bonds. The fourth-order valence-corrected chi connectivity index (χ4v) is 19.4. The molecule has 0 radical (unpaired) electrons. The second kappa shape index (κ2) is 29.7. The first-order valence-electron chi connectivity index (χ1n) is 35.3. The summed E-state index contributed by atoms with van der Waals surface area (Å²) in [6.07, 6.45) is -46.7. The fraction of sp³-hybridized carbons (Fsp3) is 0.897. The van der Waals surface area contributed by atoms with E-state index >= 15 is 4.79 Å². The van der Waals surface area contributed by atoms with Crippen LogP contribution in [-0.4, -0.2) is 311 Å². The Morgan fingerprint density at radius 2 is 1.13 bits per heavy atom. The number of carbonyl (C=O) groups is 5. The van der Waals surface area contributed by atoms with Crippen molar-refractivity contribution in [1.82, 2.24) is 0 Å². The second-order valence-electron chi connectivity index (χ2n) is 31.9. The SMILES string of the molecule is CC(=O)OC[C@H]1O[C@H](O[C@H]2[C@@H](OC(C)=O)[C@@H](C)O[C@@H](OC(=O)[C@@]34CCC(C)(C)C[C@H]3C3=CC[C@H]5[C@@]6(C)CC[C@H](O[C@H]7O[C@H](C(=O)O)[C@H](O)[C@@H](O)[C@H]7O[C@H]7O[C@@H](CO)[C@H](O)[C@H](O)[C@@H]7O)[C@](C)(C=O)[C@@H]6CC[C@@]5(C)[C@@]3(C)C[C@H]4O)[C@@H]2O[C@@H]2O[C@@H](C)[C@H](O[C@@H]3OC[C@H](O)[C@H](O)[C@H]3O)[C@@H](O)[C@H]2O)[C@@H](O)[C@@H]1O. The first-order chi connectivity index (χ1) is 47.7. The Bertz CT molecular complexity index is 3050. The number of rotatable bonds is 18. The molecular weight excluding hydrogens is 1360 g/mol. The largest absolute Gasteiger partial charge is 0.479 e.